The van der Waals surface area contributed by atoms with E-state index < -0.39 is 17.3 Å². The molecule has 0 saturated heterocycles. The van der Waals surface area contributed by atoms with Crippen molar-refractivity contribution in [3.63, 3.8) is 0 Å². The monoisotopic (exact) mass is 289 g/mol. The van der Waals surface area contributed by atoms with Crippen LogP contribution in [-0.2, 0) is 4.79 Å². The number of hydrogen-bond acceptors (Lipinski definition) is 3. The molecule has 0 saturated carbocycles. The van der Waals surface area contributed by atoms with Gasteiger partial charge in [0.05, 0.1) is 12.1 Å². The molecule has 0 aromatic rings. The first-order valence-electron chi connectivity index (χ1n) is 6.91. The standard InChI is InChI=1S/C15H24BN3O2/c1-10(2)11(8-7-9-17)19(6)13(20)12(15(3,4)5)18-14(16)21/h7-8,10-12H,1-6H3,(H,18,21)/t11-,12-/m1/s1. The molecule has 0 bridgehead atoms. The fourth-order valence-corrected chi connectivity index (χ4v) is 2.08. The molecule has 5 nitrogen and oxygen atoms in total. The van der Waals surface area contributed by atoms with Gasteiger partial charge in [0.25, 0.3) is 0 Å². The number of nitriles is 1. The molecule has 0 unspecified atom stereocenters. The summed E-state index contributed by atoms with van der Waals surface area (Å²) in [6, 6.07) is 0.980. The Morgan fingerprint density at radius 2 is 1.86 bits per heavy atom. The van der Waals surface area contributed by atoms with Crippen LogP contribution in [0, 0.1) is 22.7 Å². The van der Waals surface area contributed by atoms with E-state index in [4.69, 9.17) is 13.1 Å². The highest BCUT2D eigenvalue weighted by molar-refractivity contribution is 6.57. The fraction of sp³-hybridized carbons (Fsp3) is 0.667. The van der Waals surface area contributed by atoms with Gasteiger partial charge in [-0.05, 0) is 11.3 Å². The van der Waals surface area contributed by atoms with E-state index in [0.29, 0.717) is 0 Å². The lowest BCUT2D eigenvalue weighted by Crippen LogP contribution is -2.56. The number of carbonyl (C=O) groups is 2. The van der Waals surface area contributed by atoms with Crippen LogP contribution in [0.1, 0.15) is 34.6 Å². The van der Waals surface area contributed by atoms with Crippen LogP contribution in [0.5, 0.6) is 0 Å². The Morgan fingerprint density at radius 3 is 2.19 bits per heavy atom. The summed E-state index contributed by atoms with van der Waals surface area (Å²) in [6.07, 6.45) is 3.05. The molecular weight excluding hydrogens is 265 g/mol. The van der Waals surface area contributed by atoms with Gasteiger partial charge in [0, 0.05) is 13.1 Å². The first-order valence-corrected chi connectivity index (χ1v) is 6.91. The zero-order chi connectivity index (χ0) is 16.8. The van der Waals surface area contributed by atoms with Crippen molar-refractivity contribution in [1.29, 1.82) is 5.26 Å². The van der Waals surface area contributed by atoms with E-state index >= 15 is 0 Å². The smallest absolute Gasteiger partial charge is 0.245 e. The van der Waals surface area contributed by atoms with Crippen LogP contribution >= 0.6 is 0 Å². The van der Waals surface area contributed by atoms with Gasteiger partial charge in [-0.15, -0.1) is 0 Å². The molecule has 6 heteroatoms. The van der Waals surface area contributed by atoms with Crippen LogP contribution in [0.2, 0.25) is 0 Å². The van der Waals surface area contributed by atoms with Gasteiger partial charge in [0.15, 0.2) is 5.81 Å². The summed E-state index contributed by atoms with van der Waals surface area (Å²) in [4.78, 5) is 25.4. The van der Waals surface area contributed by atoms with Crippen molar-refractivity contribution in [2.24, 2.45) is 11.3 Å². The number of hydrogen-bond donors (Lipinski definition) is 1. The summed E-state index contributed by atoms with van der Waals surface area (Å²) in [5.74, 6) is -0.828. The summed E-state index contributed by atoms with van der Waals surface area (Å²) in [5.41, 5.74) is -0.471. The van der Waals surface area contributed by atoms with Crippen molar-refractivity contribution in [1.82, 2.24) is 10.2 Å². The van der Waals surface area contributed by atoms with Gasteiger partial charge < -0.3 is 10.2 Å². The number of likely N-dealkylation sites (N-methyl/N-ethyl adjacent to an activating group) is 1. The Hall–Kier alpha value is -1.77. The van der Waals surface area contributed by atoms with Gasteiger partial charge in [-0.25, -0.2) is 0 Å². The van der Waals surface area contributed by atoms with E-state index in [1.807, 2.05) is 40.7 Å². The second kappa shape index (κ2) is 7.87. The molecule has 0 spiro atoms. The van der Waals surface area contributed by atoms with E-state index in [9.17, 15) is 9.59 Å². The lowest BCUT2D eigenvalue weighted by molar-refractivity contribution is -0.136. The Kier molecular flexibility index (Phi) is 7.21. The minimum atomic E-state index is -0.731. The lowest BCUT2D eigenvalue weighted by Gasteiger charge is -2.37. The summed E-state index contributed by atoms with van der Waals surface area (Å²) in [6.45, 7) is 9.49. The molecule has 114 valence electrons. The predicted molar refractivity (Wildman–Crippen MR) is 83.7 cm³/mol. The van der Waals surface area contributed by atoms with Gasteiger partial charge in [-0.3, -0.25) is 9.59 Å². The first-order chi connectivity index (χ1) is 9.52. The zero-order valence-electron chi connectivity index (χ0n) is 13.7. The fourth-order valence-electron chi connectivity index (χ4n) is 2.08. The molecular formula is C15H24BN3O2. The highest BCUT2D eigenvalue weighted by Gasteiger charge is 2.35. The maximum Gasteiger partial charge on any atom is 0.245 e. The number of carbonyl (C=O) groups excluding carboxylic acids is 2. The highest BCUT2D eigenvalue weighted by atomic mass is 16.2. The van der Waals surface area contributed by atoms with Crippen molar-refractivity contribution in [3.8, 4) is 6.07 Å². The second-order valence-electron chi connectivity index (χ2n) is 6.48. The Morgan fingerprint density at radius 1 is 1.33 bits per heavy atom. The van der Waals surface area contributed by atoms with Gasteiger partial charge in [0.1, 0.15) is 6.04 Å². The SMILES string of the molecule is [B]C(=O)N[C@H](C(=O)N(C)[C@H](C=CC#N)C(C)C)C(C)(C)C. The van der Waals surface area contributed by atoms with Crippen LogP contribution in [0.15, 0.2) is 12.2 Å². The summed E-state index contributed by atoms with van der Waals surface area (Å²) in [5, 5.41) is 11.2. The zero-order valence-corrected chi connectivity index (χ0v) is 13.7. The number of nitrogens with one attached hydrogen (secondary N) is 1. The molecule has 0 fully saturated rings. The molecule has 0 aromatic carbocycles. The van der Waals surface area contributed by atoms with Gasteiger partial charge in [-0.1, -0.05) is 40.7 Å². The van der Waals surface area contributed by atoms with Crippen molar-refractivity contribution in [2.45, 2.75) is 46.7 Å². The number of rotatable bonds is 5. The van der Waals surface area contributed by atoms with Crippen LogP contribution in [0.25, 0.3) is 0 Å². The average Bonchev–Trinajstić information content (AvgIpc) is 2.33. The van der Waals surface area contributed by atoms with Crippen molar-refractivity contribution >= 4 is 19.6 Å². The van der Waals surface area contributed by atoms with Crippen LogP contribution in [-0.4, -0.2) is 43.6 Å². The molecule has 0 aliphatic carbocycles. The Labute approximate surface area is 128 Å². The molecule has 21 heavy (non-hydrogen) atoms. The third-order valence-corrected chi connectivity index (χ3v) is 3.25. The first kappa shape index (κ1) is 19.2. The van der Waals surface area contributed by atoms with Gasteiger partial charge in [-0.2, -0.15) is 5.26 Å². The predicted octanol–water partition coefficient (Wildman–Crippen LogP) is 1.84. The molecule has 2 radical (unpaired) electrons. The summed E-state index contributed by atoms with van der Waals surface area (Å²) >= 11 is 0. The largest absolute Gasteiger partial charge is 0.354 e. The number of allylic oxidation sites excluding steroid dienone is 1. The van der Waals surface area contributed by atoms with E-state index in [1.54, 1.807) is 18.0 Å². The molecule has 2 amide bonds. The van der Waals surface area contributed by atoms with Crippen molar-refractivity contribution < 1.29 is 9.59 Å². The molecule has 0 heterocycles. The Bertz CT molecular complexity index is 447. The van der Waals surface area contributed by atoms with E-state index in [-0.39, 0.29) is 17.9 Å². The molecule has 0 rings (SSSR count). The average molecular weight is 289 g/mol. The minimum Gasteiger partial charge on any atom is -0.354 e. The minimum absolute atomic E-state index is 0.137. The maximum absolute atomic E-state index is 12.7. The molecule has 1 N–H and O–H groups in total. The molecule has 0 aliphatic heterocycles. The maximum atomic E-state index is 12.7. The molecule has 2 atom stereocenters. The third kappa shape index (κ3) is 6.03. The summed E-state index contributed by atoms with van der Waals surface area (Å²) < 4.78 is 0. The van der Waals surface area contributed by atoms with E-state index in [0.717, 1.165) is 0 Å². The summed E-state index contributed by atoms with van der Waals surface area (Å²) in [7, 11) is 6.83. The van der Waals surface area contributed by atoms with Crippen LogP contribution in [0.4, 0.5) is 4.79 Å². The highest BCUT2D eigenvalue weighted by Crippen LogP contribution is 2.23. The molecule has 0 aromatic heterocycles. The van der Waals surface area contributed by atoms with Gasteiger partial charge >= 0.3 is 0 Å². The van der Waals surface area contributed by atoms with E-state index in [1.165, 1.54) is 6.08 Å². The number of amides is 2. The molecule has 0 aliphatic rings. The quantitative estimate of drug-likeness (QED) is 0.620. The number of nitrogens with zero attached hydrogens (tertiary/aromatic N) is 2. The lowest BCUT2D eigenvalue weighted by atomic mass is 9.84. The van der Waals surface area contributed by atoms with Crippen LogP contribution < -0.4 is 5.32 Å². The second-order valence-corrected chi connectivity index (χ2v) is 6.48. The topological polar surface area (TPSA) is 73.2 Å². The van der Waals surface area contributed by atoms with Gasteiger partial charge in [0.2, 0.25) is 13.8 Å². The van der Waals surface area contributed by atoms with Crippen molar-refractivity contribution in [3.05, 3.63) is 12.2 Å². The van der Waals surface area contributed by atoms with Crippen LogP contribution in [0.3, 0.4) is 0 Å². The third-order valence-electron chi connectivity index (χ3n) is 3.25. The van der Waals surface area contributed by atoms with Crippen molar-refractivity contribution in [2.75, 3.05) is 7.05 Å². The Balaban J connectivity index is 5.36. The van der Waals surface area contributed by atoms with E-state index in [2.05, 4.69) is 5.32 Å². The normalized spacial score (nSPS) is 14.6.